The fraction of sp³-hybridized carbons (Fsp3) is 0.286. The predicted octanol–water partition coefficient (Wildman–Crippen LogP) is 3.80. The lowest BCUT2D eigenvalue weighted by Gasteiger charge is -2.21. The summed E-state index contributed by atoms with van der Waals surface area (Å²) in [6.45, 7) is 0.311. The van der Waals surface area contributed by atoms with Crippen molar-refractivity contribution >= 4 is 27.8 Å². The van der Waals surface area contributed by atoms with E-state index in [1.165, 1.54) is 48.5 Å². The van der Waals surface area contributed by atoms with Crippen molar-refractivity contribution in [1.82, 2.24) is 15.0 Å². The summed E-state index contributed by atoms with van der Waals surface area (Å²) in [6.07, 6.45) is 6.24. The van der Waals surface area contributed by atoms with E-state index in [4.69, 9.17) is 4.74 Å². The number of sulfonamides is 1. The number of nitrogens with zero attached hydrogens (tertiary/aromatic N) is 1. The first-order valence-electron chi connectivity index (χ1n) is 12.6. The number of carbonyl (C=O) groups excluding carboxylic acids is 3. The van der Waals surface area contributed by atoms with Gasteiger partial charge < -0.3 is 10.1 Å². The molecular weight excluding hydrogens is 525 g/mol. The molecule has 2 N–H and O–H groups in total. The van der Waals surface area contributed by atoms with Crippen LogP contribution in [0, 0.1) is 5.82 Å². The predicted molar refractivity (Wildman–Crippen MR) is 140 cm³/mol. The summed E-state index contributed by atoms with van der Waals surface area (Å²) in [5, 5.41) is 2.72. The van der Waals surface area contributed by atoms with Gasteiger partial charge >= 0.3 is 5.97 Å². The molecule has 0 atom stereocenters. The van der Waals surface area contributed by atoms with Gasteiger partial charge in [-0.3, -0.25) is 9.59 Å². The van der Waals surface area contributed by atoms with Crippen LogP contribution in [0.2, 0.25) is 0 Å². The van der Waals surface area contributed by atoms with Crippen LogP contribution < -0.4 is 10.0 Å². The molecule has 9 nitrogen and oxygen atoms in total. The highest BCUT2D eigenvalue weighted by Gasteiger charge is 2.22. The number of aromatic nitrogens is 1. The Balaban J connectivity index is 1.30. The van der Waals surface area contributed by atoms with Crippen LogP contribution in [-0.2, 0) is 21.2 Å². The molecule has 1 heterocycles. The van der Waals surface area contributed by atoms with E-state index in [-0.39, 0.29) is 33.6 Å². The van der Waals surface area contributed by atoms with Gasteiger partial charge in [-0.15, -0.1) is 0 Å². The molecule has 4 rings (SSSR count). The second kappa shape index (κ2) is 12.6. The molecule has 39 heavy (non-hydrogen) atoms. The van der Waals surface area contributed by atoms with Crippen LogP contribution in [0.1, 0.15) is 68.9 Å². The lowest BCUT2D eigenvalue weighted by atomic mass is 9.98. The van der Waals surface area contributed by atoms with Gasteiger partial charge in [0.2, 0.25) is 0 Å². The molecule has 2 amide bonds. The SMILES string of the molecule is O=C(NCCc1ccc(F)cc1)c1ccc(S(=O)(=O)NC(=O)c2ccc(C(=O)OC3CCCCC3)nc2)cc1. The molecule has 11 heteroatoms. The number of benzene rings is 2. The first kappa shape index (κ1) is 27.9. The number of rotatable bonds is 9. The third kappa shape index (κ3) is 7.70. The number of pyridine rings is 1. The molecule has 1 aromatic heterocycles. The molecule has 2 aromatic carbocycles. The third-order valence-electron chi connectivity index (χ3n) is 6.33. The van der Waals surface area contributed by atoms with Crippen LogP contribution in [0.4, 0.5) is 4.39 Å². The molecule has 1 aliphatic rings. The minimum atomic E-state index is -4.23. The molecule has 204 valence electrons. The number of nitrogens with one attached hydrogen (secondary N) is 2. The van der Waals surface area contributed by atoms with Crippen molar-refractivity contribution in [3.63, 3.8) is 0 Å². The van der Waals surface area contributed by atoms with Gasteiger partial charge in [0.15, 0.2) is 0 Å². The maximum atomic E-state index is 13.0. The first-order chi connectivity index (χ1) is 18.7. The summed E-state index contributed by atoms with van der Waals surface area (Å²) in [5.74, 6) is -2.24. The molecule has 0 radical (unpaired) electrons. The van der Waals surface area contributed by atoms with Crippen molar-refractivity contribution in [3.05, 3.63) is 95.1 Å². The van der Waals surface area contributed by atoms with Gasteiger partial charge in [0.05, 0.1) is 10.5 Å². The van der Waals surface area contributed by atoms with Gasteiger partial charge in [0.1, 0.15) is 17.6 Å². The van der Waals surface area contributed by atoms with E-state index in [9.17, 15) is 27.2 Å². The second-order valence-corrected chi connectivity index (χ2v) is 10.9. The zero-order chi connectivity index (χ0) is 27.8. The topological polar surface area (TPSA) is 132 Å². The average molecular weight is 554 g/mol. The molecule has 1 aliphatic carbocycles. The number of hydrogen-bond donors (Lipinski definition) is 2. The van der Waals surface area contributed by atoms with Crippen LogP contribution in [-0.4, -0.2) is 43.8 Å². The van der Waals surface area contributed by atoms with Crippen molar-refractivity contribution < 1.29 is 31.9 Å². The fourth-order valence-corrected chi connectivity index (χ4v) is 5.12. The van der Waals surface area contributed by atoms with Gasteiger partial charge in [-0.05, 0) is 86.2 Å². The number of ether oxygens (including phenoxy) is 1. The standard InChI is InChI=1S/C28H28FN3O6S/c29-22-11-6-19(7-12-22)16-17-30-26(33)20-8-13-24(14-9-20)39(36,37)32-27(34)21-10-15-25(31-18-21)28(35)38-23-4-2-1-3-5-23/h6-15,18,23H,1-5,16-17H2,(H,30,33)(H,32,34). The minimum Gasteiger partial charge on any atom is -0.458 e. The van der Waals surface area contributed by atoms with Gasteiger partial charge in [0.25, 0.3) is 21.8 Å². The maximum absolute atomic E-state index is 13.0. The minimum absolute atomic E-state index is 0.0338. The Hall–Kier alpha value is -4.12. The van der Waals surface area contributed by atoms with Gasteiger partial charge in [-0.1, -0.05) is 18.6 Å². The quantitative estimate of drug-likeness (QED) is 0.385. The number of hydrogen-bond acceptors (Lipinski definition) is 7. The van der Waals surface area contributed by atoms with Gasteiger partial charge in [-0.2, -0.15) is 0 Å². The molecule has 0 saturated heterocycles. The zero-order valence-corrected chi connectivity index (χ0v) is 21.9. The lowest BCUT2D eigenvalue weighted by Crippen LogP contribution is -2.31. The molecule has 0 spiro atoms. The van der Waals surface area contributed by atoms with Crippen molar-refractivity contribution in [2.45, 2.75) is 49.5 Å². The first-order valence-corrected chi connectivity index (χ1v) is 14.1. The Kier molecular flexibility index (Phi) is 9.03. The van der Waals surface area contributed by atoms with E-state index in [1.54, 1.807) is 12.1 Å². The lowest BCUT2D eigenvalue weighted by molar-refractivity contribution is 0.0204. The summed E-state index contributed by atoms with van der Waals surface area (Å²) in [5.41, 5.74) is 1.08. The Bertz CT molecular complexity index is 1420. The van der Waals surface area contributed by atoms with Crippen molar-refractivity contribution in [2.75, 3.05) is 6.54 Å². The monoisotopic (exact) mass is 553 g/mol. The summed E-state index contributed by atoms with van der Waals surface area (Å²) >= 11 is 0. The Morgan fingerprint density at radius 2 is 1.54 bits per heavy atom. The third-order valence-corrected chi connectivity index (χ3v) is 7.67. The highest BCUT2D eigenvalue weighted by molar-refractivity contribution is 7.90. The fourth-order valence-electron chi connectivity index (χ4n) is 4.14. The van der Waals surface area contributed by atoms with E-state index in [1.807, 2.05) is 4.72 Å². The van der Waals surface area contributed by atoms with Crippen LogP contribution in [0.5, 0.6) is 0 Å². The second-order valence-electron chi connectivity index (χ2n) is 9.19. The molecule has 0 bridgehead atoms. The van der Waals surface area contributed by atoms with Crippen LogP contribution in [0.3, 0.4) is 0 Å². The van der Waals surface area contributed by atoms with E-state index in [0.29, 0.717) is 13.0 Å². The van der Waals surface area contributed by atoms with Crippen LogP contribution in [0.15, 0.2) is 71.8 Å². The smallest absolute Gasteiger partial charge is 0.357 e. The summed E-state index contributed by atoms with van der Waals surface area (Å²) in [4.78, 5) is 40.9. The summed E-state index contributed by atoms with van der Waals surface area (Å²) in [6, 6.07) is 13.7. The van der Waals surface area contributed by atoms with E-state index in [0.717, 1.165) is 43.9 Å². The molecule has 0 aliphatic heterocycles. The molecule has 3 aromatic rings. The number of halogens is 1. The largest absolute Gasteiger partial charge is 0.458 e. The van der Waals surface area contributed by atoms with E-state index in [2.05, 4.69) is 10.3 Å². The molecule has 0 unspecified atom stereocenters. The summed E-state index contributed by atoms with van der Waals surface area (Å²) in [7, 11) is -4.23. The number of carbonyl (C=O) groups is 3. The molecule has 1 fully saturated rings. The highest BCUT2D eigenvalue weighted by atomic mass is 32.2. The Labute approximate surface area is 225 Å². The van der Waals surface area contributed by atoms with Crippen molar-refractivity contribution in [3.8, 4) is 0 Å². The number of amides is 2. The van der Waals surface area contributed by atoms with Crippen LogP contribution in [0.25, 0.3) is 0 Å². The van der Waals surface area contributed by atoms with Crippen molar-refractivity contribution in [2.24, 2.45) is 0 Å². The Morgan fingerprint density at radius 3 is 2.18 bits per heavy atom. The average Bonchev–Trinajstić information content (AvgIpc) is 2.94. The molecule has 1 saturated carbocycles. The van der Waals surface area contributed by atoms with E-state index >= 15 is 0 Å². The molecular formula is C28H28FN3O6S. The summed E-state index contributed by atoms with van der Waals surface area (Å²) < 4.78 is 45.8. The van der Waals surface area contributed by atoms with Gasteiger partial charge in [0, 0.05) is 18.3 Å². The van der Waals surface area contributed by atoms with E-state index < -0.39 is 27.8 Å². The van der Waals surface area contributed by atoms with Crippen molar-refractivity contribution in [1.29, 1.82) is 0 Å². The Morgan fingerprint density at radius 1 is 0.872 bits per heavy atom. The maximum Gasteiger partial charge on any atom is 0.357 e. The highest BCUT2D eigenvalue weighted by Crippen LogP contribution is 2.21. The zero-order valence-electron chi connectivity index (χ0n) is 21.1. The van der Waals surface area contributed by atoms with Crippen LogP contribution >= 0.6 is 0 Å². The number of esters is 1. The normalized spacial score (nSPS) is 13.9. The van der Waals surface area contributed by atoms with Gasteiger partial charge in [-0.25, -0.2) is 27.3 Å².